The van der Waals surface area contributed by atoms with Crippen LogP contribution < -0.4 is 19.9 Å². The van der Waals surface area contributed by atoms with Gasteiger partial charge in [0.05, 0.1) is 30.0 Å². The quantitative estimate of drug-likeness (QED) is 0.383. The number of carbonyl (C=O) groups is 3. The zero-order chi connectivity index (χ0) is 24.9. The van der Waals surface area contributed by atoms with E-state index < -0.39 is 11.8 Å². The number of halogens is 2. The summed E-state index contributed by atoms with van der Waals surface area (Å²) in [6.45, 7) is 4.05. The van der Waals surface area contributed by atoms with Crippen LogP contribution in [0.15, 0.2) is 50.9 Å². The summed E-state index contributed by atoms with van der Waals surface area (Å²) in [5.74, 6) is -0.431. The summed E-state index contributed by atoms with van der Waals surface area (Å²) in [6.07, 6.45) is 1.49. The van der Waals surface area contributed by atoms with E-state index in [1.807, 2.05) is 13.0 Å². The minimum absolute atomic E-state index is 0.0277. The first-order valence-electron chi connectivity index (χ1n) is 11.0. The van der Waals surface area contributed by atoms with Gasteiger partial charge in [-0.1, -0.05) is 18.2 Å². The van der Waals surface area contributed by atoms with Gasteiger partial charge in [0.25, 0.3) is 17.7 Å². The maximum absolute atomic E-state index is 13.0. The first kappa shape index (κ1) is 25.2. The van der Waals surface area contributed by atoms with E-state index in [-0.39, 0.29) is 18.1 Å². The molecule has 2 aromatic rings. The number of para-hydroxylation sites is 1. The van der Waals surface area contributed by atoms with Crippen LogP contribution in [0.4, 0.5) is 5.69 Å². The van der Waals surface area contributed by atoms with Gasteiger partial charge >= 0.3 is 0 Å². The Labute approximate surface area is 219 Å². The molecule has 2 aliphatic rings. The van der Waals surface area contributed by atoms with Crippen molar-refractivity contribution in [2.75, 3.05) is 44.5 Å². The fourth-order valence-electron chi connectivity index (χ4n) is 3.62. The molecule has 0 bridgehead atoms. The van der Waals surface area contributed by atoms with Gasteiger partial charge in [-0.3, -0.25) is 19.8 Å². The van der Waals surface area contributed by atoms with E-state index in [1.165, 1.54) is 11.1 Å². The van der Waals surface area contributed by atoms with E-state index in [4.69, 9.17) is 14.2 Å². The van der Waals surface area contributed by atoms with Crippen LogP contribution in [-0.4, -0.2) is 62.1 Å². The average molecular weight is 609 g/mol. The number of ether oxygens (including phenoxy) is 3. The van der Waals surface area contributed by atoms with Gasteiger partial charge in [0.2, 0.25) is 0 Å². The van der Waals surface area contributed by atoms with E-state index in [2.05, 4.69) is 37.3 Å². The zero-order valence-corrected chi connectivity index (χ0v) is 22.1. The number of nitrogens with zero attached hydrogens (tertiary/aromatic N) is 2. The normalized spacial score (nSPS) is 17.1. The summed E-state index contributed by atoms with van der Waals surface area (Å²) in [5.41, 5.74) is 3.64. The van der Waals surface area contributed by atoms with Crippen LogP contribution in [-0.2, 0) is 19.1 Å². The van der Waals surface area contributed by atoms with Crippen molar-refractivity contribution in [2.45, 2.75) is 6.92 Å². The Hall–Kier alpha value is -2.89. The molecule has 2 aliphatic heterocycles. The van der Waals surface area contributed by atoms with Gasteiger partial charge < -0.3 is 19.1 Å². The average Bonchev–Trinajstić information content (AvgIpc) is 3.16. The van der Waals surface area contributed by atoms with Crippen LogP contribution in [0.1, 0.15) is 12.5 Å². The number of amides is 3. The molecule has 0 unspecified atom stereocenters. The highest BCUT2D eigenvalue weighted by Gasteiger charge is 2.35. The van der Waals surface area contributed by atoms with E-state index in [0.717, 1.165) is 0 Å². The molecular formula is C24H23Br2N3O6. The summed E-state index contributed by atoms with van der Waals surface area (Å²) in [4.78, 5) is 39.8. The maximum Gasteiger partial charge on any atom is 0.282 e. The molecule has 2 saturated heterocycles. The summed E-state index contributed by atoms with van der Waals surface area (Å²) in [5, 5.41) is 1.20. The highest BCUT2D eigenvalue weighted by atomic mass is 79.9. The largest absolute Gasteiger partial charge is 0.490 e. The van der Waals surface area contributed by atoms with Gasteiger partial charge in [0.1, 0.15) is 5.57 Å². The monoisotopic (exact) mass is 607 g/mol. The highest BCUT2D eigenvalue weighted by molar-refractivity contribution is 9.13. The minimum Gasteiger partial charge on any atom is -0.490 e. The molecule has 2 fully saturated rings. The van der Waals surface area contributed by atoms with Crippen LogP contribution >= 0.6 is 31.9 Å². The third kappa shape index (κ3) is 5.52. The number of hydrazine groups is 1. The standard InChI is InChI=1S/C24H23Br2N3O6/c1-2-34-18-13-15(12-17-23(31)27-29(24(17)32)16-6-4-3-5-7-16)20(25)21(26)22(18)35-14-19(30)28-8-10-33-11-9-28/h3-7,12-13H,2,8-11,14H2,1H3,(H,27,31)/b17-12-. The van der Waals surface area contributed by atoms with Crippen molar-refractivity contribution in [2.24, 2.45) is 0 Å². The highest BCUT2D eigenvalue weighted by Crippen LogP contribution is 2.44. The number of morpholine rings is 1. The van der Waals surface area contributed by atoms with Crippen molar-refractivity contribution < 1.29 is 28.6 Å². The van der Waals surface area contributed by atoms with E-state index in [1.54, 1.807) is 35.2 Å². The molecule has 4 rings (SSSR count). The van der Waals surface area contributed by atoms with Crippen LogP contribution in [0, 0.1) is 0 Å². The second-order valence-corrected chi connectivity index (χ2v) is 9.20. The third-order valence-corrected chi connectivity index (χ3v) is 7.51. The second-order valence-electron chi connectivity index (χ2n) is 7.61. The van der Waals surface area contributed by atoms with Crippen molar-refractivity contribution >= 4 is 61.3 Å². The lowest BCUT2D eigenvalue weighted by Crippen LogP contribution is -2.43. The number of hydrogen-bond acceptors (Lipinski definition) is 6. The van der Waals surface area contributed by atoms with Crippen molar-refractivity contribution in [3.8, 4) is 11.5 Å². The van der Waals surface area contributed by atoms with Gasteiger partial charge in [-0.15, -0.1) is 0 Å². The Bertz CT molecular complexity index is 1170. The van der Waals surface area contributed by atoms with Gasteiger partial charge in [0, 0.05) is 17.6 Å². The molecule has 11 heteroatoms. The Morgan fingerprint density at radius 3 is 2.51 bits per heavy atom. The van der Waals surface area contributed by atoms with Gasteiger partial charge in [-0.2, -0.15) is 0 Å². The van der Waals surface area contributed by atoms with Crippen molar-refractivity contribution in [3.63, 3.8) is 0 Å². The molecule has 0 saturated carbocycles. The molecule has 2 aromatic carbocycles. The van der Waals surface area contributed by atoms with Crippen molar-refractivity contribution in [3.05, 3.63) is 56.5 Å². The number of anilines is 1. The van der Waals surface area contributed by atoms with E-state index in [9.17, 15) is 14.4 Å². The Kier molecular flexibility index (Phi) is 8.09. The smallest absolute Gasteiger partial charge is 0.282 e. The van der Waals surface area contributed by atoms with E-state index in [0.29, 0.717) is 64.6 Å². The summed E-state index contributed by atoms with van der Waals surface area (Å²) < 4.78 is 17.9. The number of rotatable bonds is 7. The predicted molar refractivity (Wildman–Crippen MR) is 136 cm³/mol. The molecular weight excluding hydrogens is 586 g/mol. The molecule has 35 heavy (non-hydrogen) atoms. The summed E-state index contributed by atoms with van der Waals surface area (Å²) in [7, 11) is 0. The summed E-state index contributed by atoms with van der Waals surface area (Å²) >= 11 is 7.02. The number of carbonyl (C=O) groups excluding carboxylic acids is 3. The number of hydrogen-bond donors (Lipinski definition) is 1. The minimum atomic E-state index is -0.517. The molecule has 0 aromatic heterocycles. The first-order chi connectivity index (χ1) is 16.9. The fourth-order valence-corrected chi connectivity index (χ4v) is 4.56. The molecule has 0 radical (unpaired) electrons. The van der Waals surface area contributed by atoms with Crippen LogP contribution in [0.3, 0.4) is 0 Å². The lowest BCUT2D eigenvalue weighted by molar-refractivity contribution is -0.137. The van der Waals surface area contributed by atoms with Crippen LogP contribution in [0.5, 0.6) is 11.5 Å². The van der Waals surface area contributed by atoms with E-state index >= 15 is 0 Å². The molecule has 9 nitrogen and oxygen atoms in total. The SMILES string of the molecule is CCOc1cc(/C=C2/C(=O)NN(c3ccccc3)C2=O)c(Br)c(Br)c1OCC(=O)N1CCOCC1. The topological polar surface area (TPSA) is 97.4 Å². The molecule has 0 atom stereocenters. The number of nitrogens with one attached hydrogen (secondary N) is 1. The third-order valence-electron chi connectivity index (χ3n) is 5.37. The van der Waals surface area contributed by atoms with Crippen molar-refractivity contribution in [1.29, 1.82) is 0 Å². The Morgan fingerprint density at radius 2 is 1.83 bits per heavy atom. The first-order valence-corrected chi connectivity index (χ1v) is 12.5. The maximum atomic E-state index is 13.0. The Balaban J connectivity index is 1.60. The van der Waals surface area contributed by atoms with Crippen LogP contribution in [0.25, 0.3) is 6.08 Å². The van der Waals surface area contributed by atoms with Gasteiger partial charge in [0.15, 0.2) is 18.1 Å². The van der Waals surface area contributed by atoms with Crippen molar-refractivity contribution in [1.82, 2.24) is 10.3 Å². The second kappa shape index (κ2) is 11.2. The predicted octanol–water partition coefficient (Wildman–Crippen LogP) is 3.31. The molecule has 0 spiro atoms. The zero-order valence-electron chi connectivity index (χ0n) is 18.9. The van der Waals surface area contributed by atoms with Gasteiger partial charge in [-0.25, -0.2) is 5.01 Å². The lowest BCUT2D eigenvalue weighted by Gasteiger charge is -2.27. The fraction of sp³-hybridized carbons (Fsp3) is 0.292. The molecule has 3 amide bonds. The molecule has 184 valence electrons. The molecule has 2 heterocycles. The Morgan fingerprint density at radius 1 is 1.11 bits per heavy atom. The summed E-state index contributed by atoms with van der Waals surface area (Å²) in [6, 6.07) is 10.5. The van der Waals surface area contributed by atoms with Crippen LogP contribution in [0.2, 0.25) is 0 Å². The number of benzene rings is 2. The molecule has 0 aliphatic carbocycles. The van der Waals surface area contributed by atoms with Gasteiger partial charge in [-0.05, 0) is 68.6 Å². The molecule has 1 N–H and O–H groups in total. The lowest BCUT2D eigenvalue weighted by atomic mass is 10.1.